The fourth-order valence-electron chi connectivity index (χ4n) is 1.39. The molecule has 0 saturated carbocycles. The summed E-state index contributed by atoms with van der Waals surface area (Å²) in [6.07, 6.45) is 0. The molecule has 104 valence electrons. The van der Waals surface area contributed by atoms with Gasteiger partial charge < -0.3 is 9.47 Å². The molecule has 0 saturated heterocycles. The largest absolute Gasteiger partial charge is 0.486 e. The lowest BCUT2D eigenvalue weighted by Gasteiger charge is -2.20. The van der Waals surface area contributed by atoms with Crippen LogP contribution in [-0.2, 0) is 14.3 Å². The second-order valence-electron chi connectivity index (χ2n) is 4.87. The third kappa shape index (κ3) is 4.09. The maximum atomic E-state index is 12.0. The van der Waals surface area contributed by atoms with Crippen LogP contribution in [-0.4, -0.2) is 25.0 Å². The summed E-state index contributed by atoms with van der Waals surface area (Å²) in [7, 11) is 0. The van der Waals surface area contributed by atoms with E-state index in [0.717, 1.165) is 5.56 Å². The van der Waals surface area contributed by atoms with Gasteiger partial charge in [0.05, 0.1) is 6.61 Å². The highest BCUT2D eigenvalue weighted by molar-refractivity contribution is 6.03. The zero-order valence-electron chi connectivity index (χ0n) is 11.9. The molecule has 1 aromatic rings. The van der Waals surface area contributed by atoms with Gasteiger partial charge in [-0.25, -0.2) is 0 Å². The molecular formula is C15H20O4. The zero-order chi connectivity index (χ0) is 14.5. The van der Waals surface area contributed by atoms with Crippen LogP contribution in [0.5, 0.6) is 5.75 Å². The van der Waals surface area contributed by atoms with E-state index in [1.165, 1.54) is 0 Å². The summed E-state index contributed by atoms with van der Waals surface area (Å²) in [6, 6.07) is 7.38. The topological polar surface area (TPSA) is 52.6 Å². The number of rotatable bonds is 6. The quantitative estimate of drug-likeness (QED) is 0.585. The third-order valence-corrected chi connectivity index (χ3v) is 2.87. The predicted octanol–water partition coefficient (Wildman–Crippen LogP) is 2.53. The number of hydrogen-bond donors (Lipinski definition) is 0. The van der Waals surface area contributed by atoms with E-state index in [0.29, 0.717) is 5.75 Å². The molecule has 0 N–H and O–H groups in total. The molecule has 0 aliphatic heterocycles. The number of aryl methyl sites for hydroxylation is 1. The monoisotopic (exact) mass is 264 g/mol. The van der Waals surface area contributed by atoms with Gasteiger partial charge in [-0.05, 0) is 39.8 Å². The lowest BCUT2D eigenvalue weighted by molar-refractivity contribution is -0.158. The number of benzene rings is 1. The Labute approximate surface area is 113 Å². The first kappa shape index (κ1) is 15.2. The van der Waals surface area contributed by atoms with Crippen LogP contribution in [0.4, 0.5) is 0 Å². The smallest absolute Gasteiger partial charge is 0.319 e. The lowest BCUT2D eigenvalue weighted by Crippen LogP contribution is -2.38. The van der Waals surface area contributed by atoms with Crippen LogP contribution in [0.3, 0.4) is 0 Å². The van der Waals surface area contributed by atoms with E-state index >= 15 is 0 Å². The second kappa shape index (κ2) is 6.36. The van der Waals surface area contributed by atoms with Crippen molar-refractivity contribution < 1.29 is 19.1 Å². The van der Waals surface area contributed by atoms with Crippen molar-refractivity contribution in [1.29, 1.82) is 0 Å². The molecule has 0 bridgehead atoms. The van der Waals surface area contributed by atoms with Crippen molar-refractivity contribution in [2.45, 2.75) is 27.7 Å². The van der Waals surface area contributed by atoms with Gasteiger partial charge in [-0.3, -0.25) is 9.59 Å². The summed E-state index contributed by atoms with van der Waals surface area (Å²) in [5.74, 6) is -0.211. The molecule has 4 heteroatoms. The highest BCUT2D eigenvalue weighted by Gasteiger charge is 2.37. The summed E-state index contributed by atoms with van der Waals surface area (Å²) in [5.41, 5.74) is -0.0636. The summed E-state index contributed by atoms with van der Waals surface area (Å²) < 4.78 is 10.3. The number of esters is 1. The first-order chi connectivity index (χ1) is 8.87. The summed E-state index contributed by atoms with van der Waals surface area (Å²) >= 11 is 0. The van der Waals surface area contributed by atoms with Crippen LogP contribution in [0.25, 0.3) is 0 Å². The van der Waals surface area contributed by atoms with Crippen molar-refractivity contribution in [3.05, 3.63) is 29.8 Å². The molecule has 0 spiro atoms. The van der Waals surface area contributed by atoms with Crippen molar-refractivity contribution in [3.8, 4) is 5.75 Å². The molecule has 0 amide bonds. The van der Waals surface area contributed by atoms with E-state index in [4.69, 9.17) is 9.47 Å². The van der Waals surface area contributed by atoms with Crippen molar-refractivity contribution in [1.82, 2.24) is 0 Å². The third-order valence-electron chi connectivity index (χ3n) is 2.87. The van der Waals surface area contributed by atoms with Crippen LogP contribution in [0, 0.1) is 12.3 Å². The van der Waals surface area contributed by atoms with Crippen molar-refractivity contribution in [3.63, 3.8) is 0 Å². The Kier molecular flexibility index (Phi) is 5.10. The minimum absolute atomic E-state index is 0.144. The van der Waals surface area contributed by atoms with Gasteiger partial charge >= 0.3 is 5.97 Å². The summed E-state index contributed by atoms with van der Waals surface area (Å²) in [6.45, 7) is 6.89. The van der Waals surface area contributed by atoms with Crippen molar-refractivity contribution in [2.75, 3.05) is 13.2 Å². The normalized spacial score (nSPS) is 10.9. The minimum atomic E-state index is -1.18. The molecule has 0 fully saturated rings. The summed E-state index contributed by atoms with van der Waals surface area (Å²) in [5, 5.41) is 0. The van der Waals surface area contributed by atoms with Crippen molar-refractivity contribution in [2.24, 2.45) is 5.41 Å². The second-order valence-corrected chi connectivity index (χ2v) is 4.87. The SMILES string of the molecule is CCOC(=O)C(C)(C)C(=O)COc1ccc(C)cc1. The molecule has 0 radical (unpaired) electrons. The fraction of sp³-hybridized carbons (Fsp3) is 0.467. The predicted molar refractivity (Wildman–Crippen MR) is 72.1 cm³/mol. The van der Waals surface area contributed by atoms with E-state index < -0.39 is 11.4 Å². The molecule has 0 unspecified atom stereocenters. The average molecular weight is 264 g/mol. The van der Waals surface area contributed by atoms with E-state index in [9.17, 15) is 9.59 Å². The summed E-state index contributed by atoms with van der Waals surface area (Å²) in [4.78, 5) is 23.7. The number of Topliss-reactive ketones (excluding diaryl/α,β-unsaturated/α-hetero) is 1. The van der Waals surface area contributed by atoms with Gasteiger partial charge in [-0.2, -0.15) is 0 Å². The number of carbonyl (C=O) groups excluding carboxylic acids is 2. The molecular weight excluding hydrogens is 244 g/mol. The number of hydrogen-bond acceptors (Lipinski definition) is 4. The van der Waals surface area contributed by atoms with E-state index in [1.54, 1.807) is 32.9 Å². The Hall–Kier alpha value is -1.84. The van der Waals surface area contributed by atoms with Gasteiger partial charge in [-0.15, -0.1) is 0 Å². The molecule has 1 rings (SSSR count). The van der Waals surface area contributed by atoms with Gasteiger partial charge in [-0.1, -0.05) is 17.7 Å². The number of carbonyl (C=O) groups is 2. The highest BCUT2D eigenvalue weighted by Crippen LogP contribution is 2.20. The molecule has 0 aliphatic rings. The van der Waals surface area contributed by atoms with Gasteiger partial charge in [0.15, 0.2) is 5.78 Å². The number of ketones is 1. The molecule has 4 nitrogen and oxygen atoms in total. The van der Waals surface area contributed by atoms with Gasteiger partial charge in [0.1, 0.15) is 17.8 Å². The Morgan fingerprint density at radius 1 is 1.16 bits per heavy atom. The Balaban J connectivity index is 2.59. The molecule has 0 heterocycles. The molecule has 0 aliphatic carbocycles. The van der Waals surface area contributed by atoms with Crippen LogP contribution in [0.2, 0.25) is 0 Å². The number of ether oxygens (including phenoxy) is 2. The zero-order valence-corrected chi connectivity index (χ0v) is 11.9. The van der Waals surface area contributed by atoms with Crippen molar-refractivity contribution >= 4 is 11.8 Å². The van der Waals surface area contributed by atoms with Gasteiger partial charge in [0, 0.05) is 0 Å². The fourth-order valence-corrected chi connectivity index (χ4v) is 1.39. The standard InChI is InChI=1S/C15H20O4/c1-5-18-14(17)15(3,4)13(16)10-19-12-8-6-11(2)7-9-12/h6-9H,5,10H2,1-4H3. The van der Waals surface area contributed by atoms with Gasteiger partial charge in [0.25, 0.3) is 0 Å². The van der Waals surface area contributed by atoms with E-state index in [1.807, 2.05) is 19.1 Å². The molecule has 0 atom stereocenters. The Bertz CT molecular complexity index is 446. The highest BCUT2D eigenvalue weighted by atomic mass is 16.5. The van der Waals surface area contributed by atoms with Gasteiger partial charge in [0.2, 0.25) is 0 Å². The van der Waals surface area contributed by atoms with Crippen LogP contribution in [0.15, 0.2) is 24.3 Å². The maximum Gasteiger partial charge on any atom is 0.319 e. The van der Waals surface area contributed by atoms with Crippen LogP contribution >= 0.6 is 0 Å². The first-order valence-electron chi connectivity index (χ1n) is 6.28. The first-order valence-corrected chi connectivity index (χ1v) is 6.28. The Morgan fingerprint density at radius 3 is 2.26 bits per heavy atom. The van der Waals surface area contributed by atoms with Crippen LogP contribution in [0.1, 0.15) is 26.3 Å². The lowest BCUT2D eigenvalue weighted by atomic mass is 9.88. The average Bonchev–Trinajstić information content (AvgIpc) is 2.37. The molecule has 1 aromatic carbocycles. The van der Waals surface area contributed by atoms with E-state index in [2.05, 4.69) is 0 Å². The molecule has 0 aromatic heterocycles. The maximum absolute atomic E-state index is 12.0. The van der Waals surface area contributed by atoms with E-state index in [-0.39, 0.29) is 19.0 Å². The van der Waals surface area contributed by atoms with Crippen LogP contribution < -0.4 is 4.74 Å². The molecule has 19 heavy (non-hydrogen) atoms. The Morgan fingerprint density at radius 2 is 1.74 bits per heavy atom. The minimum Gasteiger partial charge on any atom is -0.486 e.